The Morgan fingerprint density at radius 2 is 1.65 bits per heavy atom. The Labute approximate surface area is 198 Å². The van der Waals surface area contributed by atoms with Crippen LogP contribution < -0.4 is 10.6 Å². The summed E-state index contributed by atoms with van der Waals surface area (Å²) in [4.78, 5) is 36.1. The van der Waals surface area contributed by atoms with Gasteiger partial charge in [0.25, 0.3) is 0 Å². The summed E-state index contributed by atoms with van der Waals surface area (Å²) in [5.41, 5.74) is 4.65. The van der Waals surface area contributed by atoms with Gasteiger partial charge in [-0.2, -0.15) is 0 Å². The Kier molecular flexibility index (Phi) is 7.47. The van der Waals surface area contributed by atoms with Crippen LogP contribution in [0.15, 0.2) is 48.5 Å². The predicted octanol–water partition coefficient (Wildman–Crippen LogP) is 3.16. The van der Waals surface area contributed by atoms with Crippen molar-refractivity contribution in [2.75, 3.05) is 26.8 Å². The summed E-state index contributed by atoms with van der Waals surface area (Å²) in [5.74, 6) is -1.64. The number of alkyl carbamates (subject to hydrolysis) is 1. The van der Waals surface area contributed by atoms with Crippen molar-refractivity contribution in [2.45, 2.75) is 31.3 Å². The molecule has 0 heterocycles. The van der Waals surface area contributed by atoms with E-state index in [-0.39, 0.29) is 36.8 Å². The van der Waals surface area contributed by atoms with Crippen LogP contribution in [0.4, 0.5) is 4.79 Å². The van der Waals surface area contributed by atoms with Crippen LogP contribution >= 0.6 is 0 Å². The number of carboxylic acids is 1. The summed E-state index contributed by atoms with van der Waals surface area (Å²) >= 11 is 0. The third-order valence-electron chi connectivity index (χ3n) is 6.87. The number of nitrogens with one attached hydrogen (secondary N) is 2. The van der Waals surface area contributed by atoms with Gasteiger partial charge in [0.15, 0.2) is 6.10 Å². The average molecular weight is 467 g/mol. The number of rotatable bonds is 9. The number of carboxylic acid groups (broad SMARTS) is 1. The highest BCUT2D eigenvalue weighted by atomic mass is 16.5. The smallest absolute Gasteiger partial charge is 0.407 e. The van der Waals surface area contributed by atoms with Crippen LogP contribution in [0.1, 0.15) is 36.3 Å². The first-order chi connectivity index (χ1) is 16.5. The van der Waals surface area contributed by atoms with E-state index in [2.05, 4.69) is 34.9 Å². The van der Waals surface area contributed by atoms with E-state index in [0.717, 1.165) is 24.0 Å². The monoisotopic (exact) mass is 466 g/mol. The molecule has 2 aromatic carbocycles. The quantitative estimate of drug-likeness (QED) is 0.523. The number of amides is 2. The summed E-state index contributed by atoms with van der Waals surface area (Å²) in [5, 5.41) is 14.5. The fourth-order valence-electron chi connectivity index (χ4n) is 5.09. The lowest BCUT2D eigenvalue weighted by Gasteiger charge is -2.21. The largest absolute Gasteiger partial charge is 0.479 e. The molecule has 0 spiro atoms. The maximum atomic E-state index is 12.6. The predicted molar refractivity (Wildman–Crippen MR) is 125 cm³/mol. The minimum absolute atomic E-state index is 0.00822. The van der Waals surface area contributed by atoms with E-state index in [9.17, 15) is 14.4 Å². The first-order valence-electron chi connectivity index (χ1n) is 11.6. The van der Waals surface area contributed by atoms with Crippen molar-refractivity contribution in [3.05, 3.63) is 59.7 Å². The standard InChI is InChI=1S/C26H30N2O6/c1-33-23(25(30)31)14-27-24(29)17-12-6-7-16(17)13-28-26(32)34-15-22-20-10-4-2-8-18(20)19-9-3-5-11-21(19)22/h2-5,8-11,16-17,22-23H,6-7,12-15H2,1H3,(H,27,29)(H,28,32)(H,30,31)/t16-,17-,23?/m1/s1. The highest BCUT2D eigenvalue weighted by Gasteiger charge is 2.34. The minimum atomic E-state index is -1.12. The van der Waals surface area contributed by atoms with Crippen molar-refractivity contribution < 1.29 is 29.0 Å². The molecule has 1 unspecified atom stereocenters. The Bertz CT molecular complexity index is 1010. The number of hydrogen-bond donors (Lipinski definition) is 3. The molecule has 0 aliphatic heterocycles. The summed E-state index contributed by atoms with van der Waals surface area (Å²) < 4.78 is 10.4. The zero-order chi connectivity index (χ0) is 24.1. The molecule has 3 N–H and O–H groups in total. The fraction of sp³-hybridized carbons (Fsp3) is 0.423. The van der Waals surface area contributed by atoms with E-state index in [1.54, 1.807) is 0 Å². The van der Waals surface area contributed by atoms with Crippen LogP contribution in [-0.4, -0.2) is 56.0 Å². The van der Waals surface area contributed by atoms with Crippen molar-refractivity contribution >= 4 is 18.0 Å². The summed E-state index contributed by atoms with van der Waals surface area (Å²) in [6.07, 6.45) is 0.810. The first-order valence-corrected chi connectivity index (χ1v) is 11.6. The molecule has 1 fully saturated rings. The lowest BCUT2D eigenvalue weighted by atomic mass is 9.95. The number of methoxy groups -OCH3 is 1. The molecule has 0 saturated heterocycles. The van der Waals surface area contributed by atoms with Crippen molar-refractivity contribution in [3.8, 4) is 11.1 Å². The number of hydrogen-bond acceptors (Lipinski definition) is 5. The highest BCUT2D eigenvalue weighted by Crippen LogP contribution is 2.44. The van der Waals surface area contributed by atoms with E-state index in [0.29, 0.717) is 13.0 Å². The summed E-state index contributed by atoms with van der Waals surface area (Å²) in [6, 6.07) is 16.3. The van der Waals surface area contributed by atoms with Gasteiger partial charge in [-0.15, -0.1) is 0 Å². The third kappa shape index (κ3) is 5.07. The second kappa shape index (κ2) is 10.7. The van der Waals surface area contributed by atoms with Gasteiger partial charge in [0, 0.05) is 25.5 Å². The molecule has 0 aromatic heterocycles. The minimum Gasteiger partial charge on any atom is -0.479 e. The van der Waals surface area contributed by atoms with Crippen LogP contribution in [0, 0.1) is 11.8 Å². The van der Waals surface area contributed by atoms with Crippen LogP contribution in [0.5, 0.6) is 0 Å². The molecule has 2 aromatic rings. The Morgan fingerprint density at radius 3 is 2.26 bits per heavy atom. The Hall–Kier alpha value is -3.39. The molecule has 1 saturated carbocycles. The number of ether oxygens (including phenoxy) is 2. The molecular weight excluding hydrogens is 436 g/mol. The Balaban J connectivity index is 1.28. The van der Waals surface area contributed by atoms with Gasteiger partial charge in [-0.05, 0) is 41.0 Å². The fourth-order valence-corrected chi connectivity index (χ4v) is 5.09. The van der Waals surface area contributed by atoms with Gasteiger partial charge < -0.3 is 25.2 Å². The molecule has 34 heavy (non-hydrogen) atoms. The summed E-state index contributed by atoms with van der Waals surface area (Å²) in [6.45, 7) is 0.483. The van der Waals surface area contributed by atoms with Crippen molar-refractivity contribution in [1.82, 2.24) is 10.6 Å². The molecule has 180 valence electrons. The van der Waals surface area contributed by atoms with Crippen LogP contribution in [0.2, 0.25) is 0 Å². The molecule has 0 radical (unpaired) electrons. The van der Waals surface area contributed by atoms with Crippen molar-refractivity contribution in [2.24, 2.45) is 11.8 Å². The summed E-state index contributed by atoms with van der Waals surface area (Å²) in [7, 11) is 1.29. The van der Waals surface area contributed by atoms with Gasteiger partial charge in [0.1, 0.15) is 6.61 Å². The van der Waals surface area contributed by atoms with Gasteiger partial charge in [0.2, 0.25) is 5.91 Å². The van der Waals surface area contributed by atoms with Gasteiger partial charge in [-0.3, -0.25) is 4.79 Å². The van der Waals surface area contributed by atoms with Gasteiger partial charge in [0.05, 0.1) is 6.54 Å². The maximum absolute atomic E-state index is 12.6. The van der Waals surface area contributed by atoms with E-state index in [1.807, 2.05) is 24.3 Å². The van der Waals surface area contributed by atoms with E-state index in [4.69, 9.17) is 14.6 Å². The van der Waals surface area contributed by atoms with Crippen molar-refractivity contribution in [3.63, 3.8) is 0 Å². The lowest BCUT2D eigenvalue weighted by molar-refractivity contribution is -0.148. The molecule has 2 aliphatic rings. The van der Waals surface area contributed by atoms with Crippen LogP contribution in [0.3, 0.4) is 0 Å². The molecule has 8 heteroatoms. The molecule has 8 nitrogen and oxygen atoms in total. The zero-order valence-electron chi connectivity index (χ0n) is 19.2. The SMILES string of the molecule is COC(CNC(=O)[C@@H]1CCC[C@@H]1CNC(=O)OCC1c2ccccc2-c2ccccc21)C(=O)O. The number of aliphatic carboxylic acids is 1. The first kappa shape index (κ1) is 23.8. The van der Waals surface area contributed by atoms with Crippen LogP contribution in [-0.2, 0) is 19.1 Å². The van der Waals surface area contributed by atoms with Gasteiger partial charge in [-0.25, -0.2) is 9.59 Å². The van der Waals surface area contributed by atoms with Crippen molar-refractivity contribution in [1.29, 1.82) is 0 Å². The Morgan fingerprint density at radius 1 is 1.00 bits per heavy atom. The molecule has 2 amide bonds. The normalized spacial score (nSPS) is 19.7. The van der Waals surface area contributed by atoms with E-state index >= 15 is 0 Å². The molecule has 3 atom stereocenters. The highest BCUT2D eigenvalue weighted by molar-refractivity contribution is 5.81. The number of carbonyl (C=O) groups is 3. The number of carbonyl (C=O) groups excluding carboxylic acids is 2. The van der Waals surface area contributed by atoms with Crippen LogP contribution in [0.25, 0.3) is 11.1 Å². The molecule has 4 rings (SSSR count). The van der Waals surface area contributed by atoms with Gasteiger partial charge in [-0.1, -0.05) is 55.0 Å². The third-order valence-corrected chi connectivity index (χ3v) is 6.87. The second-order valence-electron chi connectivity index (χ2n) is 8.81. The number of benzene rings is 2. The topological polar surface area (TPSA) is 114 Å². The van der Waals surface area contributed by atoms with E-state index in [1.165, 1.54) is 18.2 Å². The lowest BCUT2D eigenvalue weighted by Crippen LogP contribution is -2.42. The zero-order valence-corrected chi connectivity index (χ0v) is 19.2. The number of fused-ring (bicyclic) bond motifs is 3. The molecular formula is C26H30N2O6. The van der Waals surface area contributed by atoms with Gasteiger partial charge >= 0.3 is 12.1 Å². The second-order valence-corrected chi connectivity index (χ2v) is 8.81. The van der Waals surface area contributed by atoms with E-state index < -0.39 is 18.2 Å². The molecule has 0 bridgehead atoms. The molecule has 2 aliphatic carbocycles. The average Bonchev–Trinajstić information content (AvgIpc) is 3.44. The maximum Gasteiger partial charge on any atom is 0.407 e.